The Labute approximate surface area is 209 Å². The Kier molecular flexibility index (Phi) is 8.60. The van der Waals surface area contributed by atoms with Crippen molar-refractivity contribution in [2.24, 2.45) is 0 Å². The molecule has 3 rings (SSSR count). The molecule has 190 valence electrons. The molecule has 1 unspecified atom stereocenters. The molecular weight excluding hydrogens is 464 g/mol. The van der Waals surface area contributed by atoms with Gasteiger partial charge >= 0.3 is 11.9 Å². The van der Waals surface area contributed by atoms with Crippen molar-refractivity contribution in [3.8, 4) is 22.9 Å². The molecule has 3 aromatic rings. The molecule has 1 atom stereocenters. The largest absolute Gasteiger partial charge is 0.496 e. The summed E-state index contributed by atoms with van der Waals surface area (Å²) in [5.41, 5.74) is 1.77. The van der Waals surface area contributed by atoms with E-state index >= 15 is 0 Å². The molecule has 1 heterocycles. The van der Waals surface area contributed by atoms with E-state index in [0.717, 1.165) is 5.56 Å². The molecule has 0 aliphatic heterocycles. The fourth-order valence-electron chi connectivity index (χ4n) is 3.47. The Hall–Kier alpha value is -3.98. The number of para-hydroxylation sites is 1. The van der Waals surface area contributed by atoms with Gasteiger partial charge in [-0.1, -0.05) is 24.3 Å². The predicted molar refractivity (Wildman–Crippen MR) is 132 cm³/mol. The number of benzene rings is 2. The summed E-state index contributed by atoms with van der Waals surface area (Å²) in [4.78, 5) is 32.4. The van der Waals surface area contributed by atoms with Gasteiger partial charge in [-0.15, -0.1) is 0 Å². The van der Waals surface area contributed by atoms with Crippen LogP contribution in [-0.4, -0.2) is 50.9 Å². The van der Waals surface area contributed by atoms with Crippen LogP contribution < -0.4 is 9.47 Å². The lowest BCUT2D eigenvalue weighted by Gasteiger charge is -2.20. The van der Waals surface area contributed by atoms with Gasteiger partial charge in [0.05, 0.1) is 24.8 Å². The number of aliphatic hydroxyl groups is 1. The van der Waals surface area contributed by atoms with Crippen LogP contribution in [-0.2, 0) is 33.8 Å². The number of esters is 1. The lowest BCUT2D eigenvalue weighted by atomic mass is 10.0. The van der Waals surface area contributed by atoms with Crippen molar-refractivity contribution in [2.75, 3.05) is 7.11 Å². The highest BCUT2D eigenvalue weighted by molar-refractivity contribution is 5.74. The molecule has 0 amide bonds. The van der Waals surface area contributed by atoms with Crippen LogP contribution in [0.4, 0.5) is 0 Å². The fourth-order valence-corrected chi connectivity index (χ4v) is 3.47. The second-order valence-corrected chi connectivity index (χ2v) is 9.12. The summed E-state index contributed by atoms with van der Waals surface area (Å²) in [5, 5.41) is 19.1. The third-order valence-electron chi connectivity index (χ3n) is 5.03. The highest BCUT2D eigenvalue weighted by atomic mass is 16.6. The van der Waals surface area contributed by atoms with Gasteiger partial charge in [0.15, 0.2) is 11.9 Å². The van der Waals surface area contributed by atoms with Crippen molar-refractivity contribution in [2.45, 2.75) is 51.9 Å². The molecule has 0 spiro atoms. The first-order valence-corrected chi connectivity index (χ1v) is 11.4. The van der Waals surface area contributed by atoms with Crippen molar-refractivity contribution in [3.05, 3.63) is 71.5 Å². The van der Waals surface area contributed by atoms with Gasteiger partial charge in [0.25, 0.3) is 0 Å². The monoisotopic (exact) mass is 494 g/mol. The van der Waals surface area contributed by atoms with E-state index in [2.05, 4.69) is 9.97 Å². The van der Waals surface area contributed by atoms with Gasteiger partial charge in [0, 0.05) is 12.6 Å². The summed E-state index contributed by atoms with van der Waals surface area (Å²) < 4.78 is 16.7. The van der Waals surface area contributed by atoms with Crippen LogP contribution in [0, 0.1) is 0 Å². The number of carbonyl (C=O) groups is 2. The number of aromatic nitrogens is 2. The SMILES string of the molecule is COc1ccccc1-c1nccc(COc2ccc(CC(=O)OC(C)(C)C)cc2CC(O)C(=O)O)n1. The molecular formula is C27H30N2O7. The number of aliphatic hydroxyl groups excluding tert-OH is 1. The molecule has 2 N–H and O–H groups in total. The first kappa shape index (κ1) is 26.6. The molecule has 1 aromatic heterocycles. The summed E-state index contributed by atoms with van der Waals surface area (Å²) >= 11 is 0. The summed E-state index contributed by atoms with van der Waals surface area (Å²) in [7, 11) is 1.57. The topological polar surface area (TPSA) is 128 Å². The Morgan fingerprint density at radius 2 is 1.81 bits per heavy atom. The van der Waals surface area contributed by atoms with Crippen LogP contribution in [0.5, 0.6) is 11.5 Å². The van der Waals surface area contributed by atoms with E-state index in [9.17, 15) is 19.8 Å². The molecule has 2 aromatic carbocycles. The Morgan fingerprint density at radius 1 is 1.06 bits per heavy atom. The number of rotatable bonds is 10. The zero-order valence-electron chi connectivity index (χ0n) is 20.7. The number of carboxylic acid groups (broad SMARTS) is 1. The first-order chi connectivity index (χ1) is 17.1. The number of nitrogens with zero attached hydrogens (tertiary/aromatic N) is 2. The third-order valence-corrected chi connectivity index (χ3v) is 5.03. The van der Waals surface area contributed by atoms with Crippen LogP contribution in [0.3, 0.4) is 0 Å². The molecule has 9 nitrogen and oxygen atoms in total. The van der Waals surface area contributed by atoms with Gasteiger partial charge in [-0.05, 0) is 56.2 Å². The van der Waals surface area contributed by atoms with Crippen LogP contribution in [0.1, 0.15) is 37.6 Å². The number of carbonyl (C=O) groups excluding carboxylic acids is 1. The standard InChI is InChI=1S/C27H30N2O7/c1-27(2,3)36-24(31)14-17-9-10-22(18(13-17)15-21(30)26(32)33)35-16-19-11-12-28-25(29-19)20-7-5-6-8-23(20)34-4/h5-13,21,30H,14-16H2,1-4H3,(H,32,33). The van der Waals surface area contributed by atoms with Crippen molar-refractivity contribution in [1.82, 2.24) is 9.97 Å². The van der Waals surface area contributed by atoms with Gasteiger partial charge in [-0.25, -0.2) is 14.8 Å². The Morgan fingerprint density at radius 3 is 2.50 bits per heavy atom. The van der Waals surface area contributed by atoms with Crippen LogP contribution in [0.15, 0.2) is 54.7 Å². The quantitative estimate of drug-likeness (QED) is 0.406. The minimum Gasteiger partial charge on any atom is -0.496 e. The second kappa shape index (κ2) is 11.6. The highest BCUT2D eigenvalue weighted by Crippen LogP contribution is 2.27. The second-order valence-electron chi connectivity index (χ2n) is 9.12. The van der Waals surface area contributed by atoms with Crippen LogP contribution >= 0.6 is 0 Å². The van der Waals surface area contributed by atoms with Gasteiger partial charge in [0.1, 0.15) is 23.7 Å². The van der Waals surface area contributed by atoms with Gasteiger partial charge in [-0.2, -0.15) is 0 Å². The van der Waals surface area contributed by atoms with Crippen molar-refractivity contribution in [1.29, 1.82) is 0 Å². The number of hydrogen-bond donors (Lipinski definition) is 2. The van der Waals surface area contributed by atoms with Crippen molar-refractivity contribution < 1.29 is 34.0 Å². The lowest BCUT2D eigenvalue weighted by Crippen LogP contribution is -2.25. The average Bonchev–Trinajstić information content (AvgIpc) is 2.82. The predicted octanol–water partition coefficient (Wildman–Crippen LogP) is 3.60. The molecule has 0 saturated carbocycles. The molecule has 0 fully saturated rings. The minimum absolute atomic E-state index is 0.00188. The molecule has 9 heteroatoms. The molecule has 0 aliphatic carbocycles. The van der Waals surface area contributed by atoms with Gasteiger partial charge < -0.3 is 24.4 Å². The molecule has 0 bridgehead atoms. The maximum atomic E-state index is 12.2. The third kappa shape index (κ3) is 7.51. The van der Waals surface area contributed by atoms with E-state index in [1.54, 1.807) is 58.3 Å². The van der Waals surface area contributed by atoms with E-state index < -0.39 is 23.6 Å². The summed E-state index contributed by atoms with van der Waals surface area (Å²) in [6, 6.07) is 14.1. The number of aliphatic carboxylic acids is 1. The van der Waals surface area contributed by atoms with Crippen molar-refractivity contribution in [3.63, 3.8) is 0 Å². The first-order valence-electron chi connectivity index (χ1n) is 11.4. The molecule has 0 saturated heterocycles. The molecule has 36 heavy (non-hydrogen) atoms. The number of ether oxygens (including phenoxy) is 3. The zero-order chi connectivity index (χ0) is 26.3. The molecule has 0 aliphatic rings. The van der Waals surface area contributed by atoms with E-state index in [1.165, 1.54) is 0 Å². The normalized spacial score (nSPS) is 12.0. The zero-order valence-corrected chi connectivity index (χ0v) is 20.7. The lowest BCUT2D eigenvalue weighted by molar-refractivity contribution is -0.154. The van der Waals surface area contributed by atoms with Gasteiger partial charge in [-0.3, -0.25) is 4.79 Å². The highest BCUT2D eigenvalue weighted by Gasteiger charge is 2.20. The maximum Gasteiger partial charge on any atom is 0.332 e. The van der Waals surface area contributed by atoms with Gasteiger partial charge in [0.2, 0.25) is 0 Å². The minimum atomic E-state index is -1.62. The smallest absolute Gasteiger partial charge is 0.332 e. The fraction of sp³-hybridized carbons (Fsp3) is 0.333. The Balaban J connectivity index is 1.81. The van der Waals surface area contributed by atoms with E-state index in [4.69, 9.17) is 14.2 Å². The number of carboxylic acids is 1. The van der Waals surface area contributed by atoms with Crippen LogP contribution in [0.25, 0.3) is 11.4 Å². The Bertz CT molecular complexity index is 1220. The maximum absolute atomic E-state index is 12.2. The van der Waals surface area contributed by atoms with E-state index in [1.807, 2.05) is 24.3 Å². The number of methoxy groups -OCH3 is 1. The summed E-state index contributed by atoms with van der Waals surface area (Å²) in [6.45, 7) is 5.42. The van der Waals surface area contributed by atoms with E-state index in [0.29, 0.717) is 34.1 Å². The van der Waals surface area contributed by atoms with Crippen molar-refractivity contribution >= 4 is 11.9 Å². The average molecular weight is 495 g/mol. The van der Waals surface area contributed by atoms with E-state index in [-0.39, 0.29) is 19.4 Å². The molecule has 0 radical (unpaired) electrons. The summed E-state index contributed by atoms with van der Waals surface area (Å²) in [6.07, 6.45) is -0.197. The number of hydrogen-bond acceptors (Lipinski definition) is 8. The summed E-state index contributed by atoms with van der Waals surface area (Å²) in [5.74, 6) is -0.272. The van der Waals surface area contributed by atoms with Crippen LogP contribution in [0.2, 0.25) is 0 Å².